The molecule has 0 unspecified atom stereocenters. The number of hydrogen-bond acceptors (Lipinski definition) is 1. The summed E-state index contributed by atoms with van der Waals surface area (Å²) in [5.74, 6) is 0. The van der Waals surface area contributed by atoms with E-state index in [1.165, 1.54) is 0 Å². The van der Waals surface area contributed by atoms with E-state index in [-0.39, 0.29) is 10.3 Å². The van der Waals surface area contributed by atoms with E-state index in [9.17, 15) is 4.57 Å². The van der Waals surface area contributed by atoms with Crippen LogP contribution >= 0.6 is 18.9 Å². The lowest BCUT2D eigenvalue weighted by Gasteiger charge is -2.42. The van der Waals surface area contributed by atoms with Gasteiger partial charge in [0.1, 0.15) is 0 Å². The first-order chi connectivity index (χ1) is 8.98. The van der Waals surface area contributed by atoms with Crippen molar-refractivity contribution in [1.29, 1.82) is 0 Å². The molecule has 0 radical (unpaired) electrons. The molecule has 0 bridgehead atoms. The van der Waals surface area contributed by atoms with Gasteiger partial charge in [0, 0.05) is 26.9 Å². The third kappa shape index (κ3) is 2.23. The first kappa shape index (κ1) is 15.7. The topological polar surface area (TPSA) is 22.0 Å². The average molecular weight is 312 g/mol. The summed E-state index contributed by atoms with van der Waals surface area (Å²) < 4.78 is 15.9. The quantitative estimate of drug-likeness (QED) is 0.590. The van der Waals surface area contributed by atoms with Crippen LogP contribution in [-0.2, 0) is 4.57 Å². The van der Waals surface area contributed by atoms with Crippen LogP contribution < -0.4 is 0 Å². The largest absolute Gasteiger partial charge is 0.299 e. The minimum Gasteiger partial charge on any atom is -0.299 e. The zero-order chi connectivity index (χ0) is 15.3. The van der Waals surface area contributed by atoms with Crippen molar-refractivity contribution < 1.29 is 4.57 Å². The molecular weight excluding hydrogens is 289 g/mol. The van der Waals surface area contributed by atoms with Gasteiger partial charge in [-0.05, 0) is 24.3 Å². The van der Waals surface area contributed by atoms with Gasteiger partial charge < -0.3 is 0 Å². The first-order valence-electron chi connectivity index (χ1n) is 6.86. The Hall–Kier alpha value is -0.720. The molecule has 0 atom stereocenters. The van der Waals surface area contributed by atoms with Gasteiger partial charge in [-0.1, -0.05) is 53.1 Å². The minimum atomic E-state index is -2.68. The molecule has 2 aromatic rings. The summed E-state index contributed by atoms with van der Waals surface area (Å²) in [6.45, 7) is 12.3. The van der Waals surface area contributed by atoms with Gasteiger partial charge in [-0.3, -0.25) is 8.90 Å². The molecule has 0 aliphatic heterocycles. The number of nitrogens with zero attached hydrogens (tertiary/aromatic N) is 1. The molecule has 0 aliphatic carbocycles. The molecule has 2 nitrogen and oxygen atoms in total. The van der Waals surface area contributed by atoms with Gasteiger partial charge in [-0.25, -0.2) is 0 Å². The molecule has 0 aliphatic rings. The molecule has 1 aromatic carbocycles. The molecule has 0 amide bonds. The first-order valence-corrected chi connectivity index (χ1v) is 8.90. The average Bonchev–Trinajstić information content (AvgIpc) is 2.67. The molecule has 1 aromatic heterocycles. The molecular formula is C16H23ClNOP. The van der Waals surface area contributed by atoms with Crippen molar-refractivity contribution >= 4 is 29.8 Å². The predicted molar refractivity (Wildman–Crippen MR) is 89.5 cm³/mol. The lowest BCUT2D eigenvalue weighted by Crippen LogP contribution is -2.32. The second kappa shape index (κ2) is 4.64. The Kier molecular flexibility index (Phi) is 3.64. The van der Waals surface area contributed by atoms with Crippen molar-refractivity contribution in [3.8, 4) is 0 Å². The summed E-state index contributed by atoms with van der Waals surface area (Å²) in [6, 6.07) is 7.73. The Morgan fingerprint density at radius 1 is 1.00 bits per heavy atom. The summed E-state index contributed by atoms with van der Waals surface area (Å²) >= 11 is 6.04. The maximum atomic E-state index is 13.9. The molecule has 4 heteroatoms. The molecule has 0 fully saturated rings. The van der Waals surface area contributed by atoms with Crippen LogP contribution in [0.3, 0.4) is 0 Å². The second-order valence-corrected chi connectivity index (χ2v) is 12.0. The number of aromatic nitrogens is 1. The fourth-order valence-electron chi connectivity index (χ4n) is 3.00. The van der Waals surface area contributed by atoms with Gasteiger partial charge in [0.2, 0.25) is 0 Å². The van der Waals surface area contributed by atoms with Crippen LogP contribution in [-0.4, -0.2) is 14.6 Å². The predicted octanol–water partition coefficient (Wildman–Crippen LogP) is 6.02. The summed E-state index contributed by atoms with van der Waals surface area (Å²) in [6.07, 6.45) is 1.94. The van der Waals surface area contributed by atoms with Crippen LogP contribution in [0.4, 0.5) is 0 Å². The van der Waals surface area contributed by atoms with Gasteiger partial charge in [-0.15, -0.1) is 0 Å². The highest BCUT2D eigenvalue weighted by atomic mass is 35.5. The summed E-state index contributed by atoms with van der Waals surface area (Å²) in [5.41, 5.74) is 0.989. The maximum absolute atomic E-state index is 13.9. The Morgan fingerprint density at radius 3 is 2.05 bits per heavy atom. The van der Waals surface area contributed by atoms with Gasteiger partial charge in [0.25, 0.3) is 0 Å². The minimum absolute atomic E-state index is 0.309. The van der Waals surface area contributed by atoms with Crippen molar-refractivity contribution in [2.75, 3.05) is 0 Å². The van der Waals surface area contributed by atoms with E-state index in [2.05, 4.69) is 41.5 Å². The van der Waals surface area contributed by atoms with E-state index in [1.54, 1.807) is 0 Å². The van der Waals surface area contributed by atoms with Crippen molar-refractivity contribution in [1.82, 2.24) is 4.34 Å². The SMILES string of the molecule is CC(C)(C)P(=O)(n1ccc2cc(Cl)ccc21)C(C)(C)C. The van der Waals surface area contributed by atoms with Crippen molar-refractivity contribution in [3.63, 3.8) is 0 Å². The lowest BCUT2D eigenvalue weighted by molar-refractivity contribution is 0.509. The highest BCUT2D eigenvalue weighted by molar-refractivity contribution is 7.65. The van der Waals surface area contributed by atoms with E-state index in [4.69, 9.17) is 11.6 Å². The number of fused-ring (bicyclic) bond motifs is 1. The Balaban J connectivity index is 2.81. The molecule has 20 heavy (non-hydrogen) atoms. The van der Waals surface area contributed by atoms with E-state index in [1.807, 2.05) is 34.8 Å². The number of halogens is 1. The summed E-state index contributed by atoms with van der Waals surface area (Å²) in [7, 11) is -2.68. The molecule has 1 heterocycles. The third-order valence-electron chi connectivity index (χ3n) is 3.75. The standard InChI is InChI=1S/C16H23ClNOP/c1-15(2,3)20(19,16(4,5)6)18-10-9-12-11-13(17)7-8-14(12)18/h7-11H,1-6H3. The lowest BCUT2D eigenvalue weighted by atomic mass is 10.2. The van der Waals surface area contributed by atoms with E-state index in [0.29, 0.717) is 5.02 Å². The van der Waals surface area contributed by atoms with Crippen molar-refractivity contribution in [2.45, 2.75) is 51.9 Å². The summed E-state index contributed by atoms with van der Waals surface area (Å²) in [5, 5.41) is 1.12. The van der Waals surface area contributed by atoms with Crippen LogP contribution in [0.2, 0.25) is 5.02 Å². The fraction of sp³-hybridized carbons (Fsp3) is 0.500. The molecule has 110 valence electrons. The monoisotopic (exact) mass is 311 g/mol. The number of rotatable bonds is 1. The highest BCUT2D eigenvalue weighted by Crippen LogP contribution is 2.68. The van der Waals surface area contributed by atoms with Crippen LogP contribution in [0.15, 0.2) is 30.5 Å². The van der Waals surface area contributed by atoms with Crippen molar-refractivity contribution in [2.24, 2.45) is 0 Å². The zero-order valence-electron chi connectivity index (χ0n) is 13.1. The van der Waals surface area contributed by atoms with Gasteiger partial charge in [-0.2, -0.15) is 0 Å². The molecule has 0 spiro atoms. The number of benzene rings is 1. The zero-order valence-corrected chi connectivity index (χ0v) is 14.7. The van der Waals surface area contributed by atoms with Crippen LogP contribution in [0.1, 0.15) is 41.5 Å². The molecule has 0 N–H and O–H groups in total. The fourth-order valence-corrected chi connectivity index (χ4v) is 7.22. The number of hydrogen-bond donors (Lipinski definition) is 0. The second-order valence-electron chi connectivity index (χ2n) is 7.28. The van der Waals surface area contributed by atoms with E-state index >= 15 is 0 Å². The Labute approximate surface area is 126 Å². The van der Waals surface area contributed by atoms with E-state index in [0.717, 1.165) is 10.9 Å². The normalized spacial score (nSPS) is 13.9. The third-order valence-corrected chi connectivity index (χ3v) is 8.58. The van der Waals surface area contributed by atoms with Gasteiger partial charge in [0.15, 0.2) is 7.29 Å². The van der Waals surface area contributed by atoms with Gasteiger partial charge in [0.05, 0.1) is 5.52 Å². The smallest absolute Gasteiger partial charge is 0.186 e. The van der Waals surface area contributed by atoms with E-state index < -0.39 is 7.29 Å². The Bertz CT molecular complexity index is 671. The van der Waals surface area contributed by atoms with Crippen molar-refractivity contribution in [3.05, 3.63) is 35.5 Å². The molecule has 2 rings (SSSR count). The van der Waals surface area contributed by atoms with Crippen LogP contribution in [0.5, 0.6) is 0 Å². The Morgan fingerprint density at radius 2 is 1.55 bits per heavy atom. The van der Waals surface area contributed by atoms with Gasteiger partial charge >= 0.3 is 0 Å². The molecule has 0 saturated carbocycles. The summed E-state index contributed by atoms with van der Waals surface area (Å²) in [4.78, 5) is 0. The molecule has 0 saturated heterocycles. The van der Waals surface area contributed by atoms with Crippen LogP contribution in [0, 0.1) is 0 Å². The highest BCUT2D eigenvalue weighted by Gasteiger charge is 2.48. The maximum Gasteiger partial charge on any atom is 0.186 e. The van der Waals surface area contributed by atoms with Crippen LogP contribution in [0.25, 0.3) is 10.9 Å².